The van der Waals surface area contributed by atoms with Gasteiger partial charge in [0.15, 0.2) is 0 Å². The van der Waals surface area contributed by atoms with Crippen LogP contribution in [0.25, 0.3) is 16.6 Å². The van der Waals surface area contributed by atoms with Gasteiger partial charge in [0.2, 0.25) is 0 Å². The Labute approximate surface area is 180 Å². The van der Waals surface area contributed by atoms with E-state index in [0.717, 1.165) is 10.6 Å². The third-order valence-corrected chi connectivity index (χ3v) is 4.43. The molecule has 0 saturated heterocycles. The van der Waals surface area contributed by atoms with Crippen molar-refractivity contribution in [3.8, 4) is 5.69 Å². The van der Waals surface area contributed by atoms with Gasteiger partial charge in [-0.1, -0.05) is 6.07 Å². The normalized spacial score (nSPS) is 10.2. The average Bonchev–Trinajstić information content (AvgIpc) is 2.75. The molecule has 0 spiro atoms. The van der Waals surface area contributed by atoms with Crippen LogP contribution >= 0.6 is 0 Å². The van der Waals surface area contributed by atoms with Gasteiger partial charge in [-0.3, -0.25) is 4.79 Å². The van der Waals surface area contributed by atoms with Crippen molar-refractivity contribution < 1.29 is 19.8 Å². The van der Waals surface area contributed by atoms with Crippen molar-refractivity contribution in [3.05, 3.63) is 98.7 Å². The molecule has 162 valence electrons. The molecule has 0 unspecified atom stereocenters. The van der Waals surface area contributed by atoms with E-state index in [9.17, 15) is 19.2 Å². The van der Waals surface area contributed by atoms with Gasteiger partial charge in [-0.15, -0.1) is 0 Å². The number of rotatable bonds is 3. The quantitative estimate of drug-likeness (QED) is 0.303. The van der Waals surface area contributed by atoms with Crippen LogP contribution in [0.2, 0.25) is 0 Å². The van der Waals surface area contributed by atoms with Crippen LogP contribution in [0.1, 0.15) is 20.7 Å². The minimum Gasteiger partial charge on any atom is -0.478 e. The maximum Gasteiger partial charge on any atom is 0.335 e. The number of carboxylic acids is 2. The number of nitrogen functional groups attached to an aromatic ring is 2. The van der Waals surface area contributed by atoms with Crippen LogP contribution in [0, 0.1) is 0 Å². The number of aromatic nitrogens is 2. The molecule has 0 aliphatic carbocycles. The van der Waals surface area contributed by atoms with Gasteiger partial charge in [-0.2, -0.15) is 0 Å². The number of carbonyl (C=O) groups is 2. The zero-order valence-electron chi connectivity index (χ0n) is 16.5. The zero-order valence-corrected chi connectivity index (χ0v) is 16.5. The first-order chi connectivity index (χ1) is 15.2. The first kappa shape index (κ1) is 21.8. The van der Waals surface area contributed by atoms with Gasteiger partial charge in [-0.05, 0) is 60.7 Å². The van der Waals surface area contributed by atoms with Gasteiger partial charge in [-0.25, -0.2) is 19.0 Å². The van der Waals surface area contributed by atoms with Gasteiger partial charge in [0.1, 0.15) is 0 Å². The standard InChI is InChI=1S/C14H12N4O2.C8H6O4/c15-8-1-4-10(5-2-8)18-13(19)11-6-3-9(16)7-12(11)17-14(18)20;9-7(10)5-2-1-3-6(4-5)8(11)12/h1-7H,15-16H2,(H,17,20);1-4H,(H,9,10)(H,11,12). The molecular formula is C22H18N4O6. The number of hydrogen-bond donors (Lipinski definition) is 5. The average molecular weight is 434 g/mol. The van der Waals surface area contributed by atoms with E-state index in [1.54, 1.807) is 42.5 Å². The molecule has 0 amide bonds. The minimum absolute atomic E-state index is 0.0186. The van der Waals surface area contributed by atoms with E-state index in [4.69, 9.17) is 21.7 Å². The highest BCUT2D eigenvalue weighted by atomic mass is 16.4. The smallest absolute Gasteiger partial charge is 0.335 e. The summed E-state index contributed by atoms with van der Waals surface area (Å²) >= 11 is 0. The zero-order chi connectivity index (χ0) is 23.4. The molecule has 7 N–H and O–H groups in total. The maximum absolute atomic E-state index is 12.4. The highest BCUT2D eigenvalue weighted by Crippen LogP contribution is 2.12. The molecule has 0 radical (unpaired) electrons. The van der Waals surface area contributed by atoms with E-state index in [1.165, 1.54) is 18.2 Å². The van der Waals surface area contributed by atoms with Crippen LogP contribution in [0.5, 0.6) is 0 Å². The highest BCUT2D eigenvalue weighted by molar-refractivity contribution is 5.93. The largest absolute Gasteiger partial charge is 0.478 e. The van der Waals surface area contributed by atoms with Gasteiger partial charge in [0, 0.05) is 11.4 Å². The Kier molecular flexibility index (Phi) is 6.06. The van der Waals surface area contributed by atoms with Crippen molar-refractivity contribution in [2.45, 2.75) is 0 Å². The Hall–Kier alpha value is -4.86. The molecule has 3 aromatic carbocycles. The Bertz CT molecular complexity index is 1410. The molecule has 0 aliphatic rings. The number of H-pyrrole nitrogens is 1. The van der Waals surface area contributed by atoms with Crippen LogP contribution < -0.4 is 22.7 Å². The van der Waals surface area contributed by atoms with Crippen molar-refractivity contribution in [2.75, 3.05) is 11.5 Å². The van der Waals surface area contributed by atoms with Gasteiger partial charge in [0.05, 0.1) is 27.7 Å². The molecule has 0 aliphatic heterocycles. The molecule has 0 bridgehead atoms. The monoisotopic (exact) mass is 434 g/mol. The molecule has 32 heavy (non-hydrogen) atoms. The highest BCUT2D eigenvalue weighted by Gasteiger charge is 2.09. The fourth-order valence-corrected chi connectivity index (χ4v) is 2.88. The lowest BCUT2D eigenvalue weighted by atomic mass is 10.1. The second-order valence-corrected chi connectivity index (χ2v) is 6.66. The van der Waals surface area contributed by atoms with Crippen molar-refractivity contribution in [3.63, 3.8) is 0 Å². The summed E-state index contributed by atoms with van der Waals surface area (Å²) in [6.45, 7) is 0. The molecule has 0 atom stereocenters. The number of nitrogens with one attached hydrogen (secondary N) is 1. The summed E-state index contributed by atoms with van der Waals surface area (Å²) in [5.41, 5.74) is 12.2. The second kappa shape index (κ2) is 8.88. The maximum atomic E-state index is 12.4. The summed E-state index contributed by atoms with van der Waals surface area (Å²) in [5.74, 6) is -2.25. The number of nitrogens with zero attached hydrogens (tertiary/aromatic N) is 1. The van der Waals surface area contributed by atoms with Crippen molar-refractivity contribution in [1.29, 1.82) is 0 Å². The van der Waals surface area contributed by atoms with E-state index in [1.807, 2.05) is 0 Å². The summed E-state index contributed by atoms with van der Waals surface area (Å²) in [7, 11) is 0. The molecular weight excluding hydrogens is 416 g/mol. The van der Waals surface area contributed by atoms with E-state index in [0.29, 0.717) is 28.0 Å². The first-order valence-electron chi connectivity index (χ1n) is 9.14. The third kappa shape index (κ3) is 4.65. The van der Waals surface area contributed by atoms with Crippen LogP contribution in [-0.4, -0.2) is 31.7 Å². The van der Waals surface area contributed by atoms with E-state index >= 15 is 0 Å². The first-order valence-corrected chi connectivity index (χ1v) is 9.14. The molecule has 10 nitrogen and oxygen atoms in total. The number of hydrogen-bond acceptors (Lipinski definition) is 6. The lowest BCUT2D eigenvalue weighted by Crippen LogP contribution is -2.33. The number of fused-ring (bicyclic) bond motifs is 1. The Morgan fingerprint density at radius 3 is 1.91 bits per heavy atom. The summed E-state index contributed by atoms with van der Waals surface area (Å²) in [5, 5.41) is 17.4. The number of nitrogens with two attached hydrogens (primary N) is 2. The predicted octanol–water partition coefficient (Wildman–Crippen LogP) is 1.93. The number of benzene rings is 3. The van der Waals surface area contributed by atoms with Gasteiger partial charge >= 0.3 is 17.6 Å². The van der Waals surface area contributed by atoms with Crippen LogP contribution in [0.4, 0.5) is 11.4 Å². The van der Waals surface area contributed by atoms with Crippen molar-refractivity contribution in [2.24, 2.45) is 0 Å². The van der Waals surface area contributed by atoms with Gasteiger partial charge < -0.3 is 26.7 Å². The van der Waals surface area contributed by atoms with Gasteiger partial charge in [0.25, 0.3) is 5.56 Å². The Morgan fingerprint density at radius 2 is 1.34 bits per heavy atom. The Balaban J connectivity index is 0.000000207. The van der Waals surface area contributed by atoms with E-state index in [-0.39, 0.29) is 11.1 Å². The summed E-state index contributed by atoms with van der Waals surface area (Å²) in [6, 6.07) is 16.5. The molecule has 0 saturated carbocycles. The fraction of sp³-hybridized carbons (Fsp3) is 0. The Morgan fingerprint density at radius 1 is 0.781 bits per heavy atom. The number of anilines is 2. The molecule has 4 aromatic rings. The lowest BCUT2D eigenvalue weighted by molar-refractivity contribution is 0.0696. The van der Waals surface area contributed by atoms with E-state index in [2.05, 4.69) is 4.98 Å². The van der Waals surface area contributed by atoms with E-state index < -0.39 is 23.2 Å². The summed E-state index contributed by atoms with van der Waals surface area (Å²) in [6.07, 6.45) is 0. The molecule has 1 aromatic heterocycles. The fourth-order valence-electron chi connectivity index (χ4n) is 2.88. The predicted molar refractivity (Wildman–Crippen MR) is 119 cm³/mol. The van der Waals surface area contributed by atoms with Crippen LogP contribution in [-0.2, 0) is 0 Å². The molecule has 1 heterocycles. The number of carboxylic acid groups (broad SMARTS) is 2. The van der Waals surface area contributed by atoms with Crippen LogP contribution in [0.15, 0.2) is 76.3 Å². The molecule has 4 rings (SSSR count). The molecule has 0 fully saturated rings. The molecule has 10 heteroatoms. The third-order valence-electron chi connectivity index (χ3n) is 4.43. The summed E-state index contributed by atoms with van der Waals surface area (Å²) < 4.78 is 1.07. The summed E-state index contributed by atoms with van der Waals surface area (Å²) in [4.78, 5) is 47.9. The number of aromatic amines is 1. The van der Waals surface area contributed by atoms with Crippen LogP contribution in [0.3, 0.4) is 0 Å². The topological polar surface area (TPSA) is 181 Å². The van der Waals surface area contributed by atoms with Crippen molar-refractivity contribution >= 4 is 34.2 Å². The SMILES string of the molecule is Nc1ccc(-n2c(=O)[nH]c3cc(N)ccc3c2=O)cc1.O=C(O)c1cccc(C(=O)O)c1. The van der Waals surface area contributed by atoms with Crippen molar-refractivity contribution in [1.82, 2.24) is 9.55 Å². The number of aromatic carboxylic acids is 2. The minimum atomic E-state index is -1.13. The second-order valence-electron chi connectivity index (χ2n) is 6.66. The lowest BCUT2D eigenvalue weighted by Gasteiger charge is -2.07.